The normalized spacial score (nSPS) is 19.2. The topological polar surface area (TPSA) is 21.3 Å². The molecule has 0 amide bonds. The molecular weight excluding hydrogens is 230 g/mol. The third kappa shape index (κ3) is 3.80. The second-order valence-electron chi connectivity index (χ2n) is 4.66. The third-order valence-electron chi connectivity index (χ3n) is 3.26. The zero-order chi connectivity index (χ0) is 11.9. The van der Waals surface area contributed by atoms with Gasteiger partial charge >= 0.3 is 0 Å². The van der Waals surface area contributed by atoms with Gasteiger partial charge in [0.1, 0.15) is 0 Å². The van der Waals surface area contributed by atoms with Crippen molar-refractivity contribution >= 4 is 11.3 Å². The number of nitrogens with one attached hydrogen (secondary N) is 1. The first-order chi connectivity index (χ1) is 8.42. The van der Waals surface area contributed by atoms with Gasteiger partial charge in [-0.2, -0.15) is 0 Å². The van der Waals surface area contributed by atoms with Crippen molar-refractivity contribution in [2.45, 2.75) is 45.1 Å². The predicted octanol–water partition coefficient (Wildman–Crippen LogP) is 3.53. The van der Waals surface area contributed by atoms with E-state index in [-0.39, 0.29) is 0 Å². The first-order valence-corrected chi connectivity index (χ1v) is 7.67. The molecule has 2 nitrogen and oxygen atoms in total. The van der Waals surface area contributed by atoms with Gasteiger partial charge in [0.15, 0.2) is 0 Å². The molecule has 1 heterocycles. The zero-order valence-electron chi connectivity index (χ0n) is 10.7. The molecule has 0 fully saturated rings. The molecule has 0 radical (unpaired) electrons. The van der Waals surface area contributed by atoms with E-state index >= 15 is 0 Å². The molecule has 1 aliphatic carbocycles. The molecule has 0 bridgehead atoms. The highest BCUT2D eigenvalue weighted by Gasteiger charge is 2.19. The smallest absolute Gasteiger partial charge is 0.0478 e. The van der Waals surface area contributed by atoms with Crippen molar-refractivity contribution in [1.82, 2.24) is 5.32 Å². The molecule has 1 atom stereocenters. The van der Waals surface area contributed by atoms with Gasteiger partial charge in [0.25, 0.3) is 0 Å². The minimum Gasteiger partial charge on any atom is -0.381 e. The zero-order valence-corrected chi connectivity index (χ0v) is 11.5. The maximum atomic E-state index is 5.49. The second kappa shape index (κ2) is 7.14. The van der Waals surface area contributed by atoms with Crippen LogP contribution in [0.2, 0.25) is 0 Å². The lowest BCUT2D eigenvalue weighted by molar-refractivity contribution is 0.131. The van der Waals surface area contributed by atoms with Crippen molar-refractivity contribution in [2.75, 3.05) is 19.8 Å². The summed E-state index contributed by atoms with van der Waals surface area (Å²) in [5.74, 6) is 0. The molecule has 3 heteroatoms. The molecule has 1 aromatic rings. The minimum absolute atomic E-state index is 0.594. The van der Waals surface area contributed by atoms with Crippen LogP contribution in [0, 0.1) is 0 Å². The van der Waals surface area contributed by atoms with Crippen LogP contribution in [0.4, 0.5) is 0 Å². The average Bonchev–Trinajstić information content (AvgIpc) is 2.82. The Morgan fingerprint density at radius 1 is 1.47 bits per heavy atom. The van der Waals surface area contributed by atoms with Crippen molar-refractivity contribution in [3.05, 3.63) is 21.9 Å². The Kier molecular flexibility index (Phi) is 5.49. The van der Waals surface area contributed by atoms with E-state index in [0.717, 1.165) is 32.6 Å². The summed E-state index contributed by atoms with van der Waals surface area (Å²) in [4.78, 5) is 1.59. The molecular formula is C14H23NOS. The van der Waals surface area contributed by atoms with E-state index in [1.807, 2.05) is 11.3 Å². The van der Waals surface area contributed by atoms with Gasteiger partial charge in [0, 0.05) is 24.1 Å². The van der Waals surface area contributed by atoms with Crippen molar-refractivity contribution in [3.8, 4) is 0 Å². The van der Waals surface area contributed by atoms with Crippen LogP contribution in [-0.4, -0.2) is 19.8 Å². The average molecular weight is 253 g/mol. The molecule has 1 aromatic heterocycles. The summed E-state index contributed by atoms with van der Waals surface area (Å²) >= 11 is 1.91. The maximum Gasteiger partial charge on any atom is 0.0478 e. The fraction of sp³-hybridized carbons (Fsp3) is 0.714. The molecule has 1 unspecified atom stereocenters. The van der Waals surface area contributed by atoms with E-state index in [9.17, 15) is 0 Å². The number of hydrogen-bond acceptors (Lipinski definition) is 3. The highest BCUT2D eigenvalue weighted by molar-refractivity contribution is 7.10. The van der Waals surface area contributed by atoms with Gasteiger partial charge in [-0.25, -0.2) is 0 Å². The third-order valence-corrected chi connectivity index (χ3v) is 4.25. The summed E-state index contributed by atoms with van der Waals surface area (Å²) in [5, 5.41) is 5.90. The lowest BCUT2D eigenvalue weighted by Crippen LogP contribution is -2.25. The number of rotatable bonds is 7. The summed E-state index contributed by atoms with van der Waals surface area (Å²) in [6.45, 7) is 5.02. The van der Waals surface area contributed by atoms with Gasteiger partial charge in [-0.05, 0) is 55.7 Å². The van der Waals surface area contributed by atoms with Crippen molar-refractivity contribution in [3.63, 3.8) is 0 Å². The van der Waals surface area contributed by atoms with E-state index in [0.29, 0.717) is 6.04 Å². The summed E-state index contributed by atoms with van der Waals surface area (Å²) in [5.41, 5.74) is 1.55. The molecule has 0 saturated heterocycles. The first-order valence-electron chi connectivity index (χ1n) is 6.79. The minimum atomic E-state index is 0.594. The fourth-order valence-corrected chi connectivity index (χ4v) is 3.38. The largest absolute Gasteiger partial charge is 0.381 e. The monoisotopic (exact) mass is 253 g/mol. The van der Waals surface area contributed by atoms with Crippen LogP contribution in [0.15, 0.2) is 11.4 Å². The molecule has 17 heavy (non-hydrogen) atoms. The number of ether oxygens (including phenoxy) is 1. The van der Waals surface area contributed by atoms with Gasteiger partial charge in [-0.3, -0.25) is 0 Å². The summed E-state index contributed by atoms with van der Waals surface area (Å²) < 4.78 is 5.49. The van der Waals surface area contributed by atoms with Gasteiger partial charge in [-0.1, -0.05) is 6.92 Å². The quantitative estimate of drug-likeness (QED) is 0.751. The molecule has 96 valence electrons. The molecule has 0 spiro atoms. The predicted molar refractivity (Wildman–Crippen MR) is 73.7 cm³/mol. The van der Waals surface area contributed by atoms with Gasteiger partial charge < -0.3 is 10.1 Å². The van der Waals surface area contributed by atoms with E-state index < -0.39 is 0 Å². The molecule has 0 aliphatic heterocycles. The number of aryl methyl sites for hydroxylation is 1. The Morgan fingerprint density at radius 3 is 3.29 bits per heavy atom. The van der Waals surface area contributed by atoms with Crippen LogP contribution in [0.1, 0.15) is 49.1 Å². The van der Waals surface area contributed by atoms with Gasteiger partial charge in [-0.15, -0.1) is 11.3 Å². The van der Waals surface area contributed by atoms with E-state index in [2.05, 4.69) is 23.7 Å². The Morgan fingerprint density at radius 2 is 2.41 bits per heavy atom. The molecule has 0 saturated carbocycles. The van der Waals surface area contributed by atoms with E-state index in [1.54, 1.807) is 10.4 Å². The Labute approximate surface area is 108 Å². The van der Waals surface area contributed by atoms with Crippen LogP contribution < -0.4 is 5.32 Å². The highest BCUT2D eigenvalue weighted by atomic mass is 32.1. The fourth-order valence-electron chi connectivity index (χ4n) is 2.40. The van der Waals surface area contributed by atoms with Crippen LogP contribution in [-0.2, 0) is 11.2 Å². The Balaban J connectivity index is 1.67. The van der Waals surface area contributed by atoms with Crippen LogP contribution in [0.5, 0.6) is 0 Å². The van der Waals surface area contributed by atoms with Crippen LogP contribution in [0.3, 0.4) is 0 Å². The number of hydrogen-bond donors (Lipinski definition) is 1. The standard InChI is InChI=1S/C14H23NOS/c1-2-9-16-10-4-8-15-13-5-3-6-14-12(13)7-11-17-14/h7,11,13,15H,2-6,8-10H2,1H3. The number of fused-ring (bicyclic) bond motifs is 1. The first kappa shape index (κ1) is 13.1. The molecule has 0 aromatic carbocycles. The summed E-state index contributed by atoms with van der Waals surface area (Å²) in [6.07, 6.45) is 6.14. The lowest BCUT2D eigenvalue weighted by atomic mass is 9.94. The number of thiophene rings is 1. The van der Waals surface area contributed by atoms with E-state index in [4.69, 9.17) is 4.74 Å². The van der Waals surface area contributed by atoms with Crippen molar-refractivity contribution in [2.24, 2.45) is 0 Å². The van der Waals surface area contributed by atoms with Crippen molar-refractivity contribution in [1.29, 1.82) is 0 Å². The van der Waals surface area contributed by atoms with E-state index in [1.165, 1.54) is 19.3 Å². The van der Waals surface area contributed by atoms with Gasteiger partial charge in [0.2, 0.25) is 0 Å². The van der Waals surface area contributed by atoms with Gasteiger partial charge in [0.05, 0.1) is 0 Å². The lowest BCUT2D eigenvalue weighted by Gasteiger charge is -2.23. The molecule has 1 aliphatic rings. The Hall–Kier alpha value is -0.380. The summed E-state index contributed by atoms with van der Waals surface area (Å²) in [6, 6.07) is 2.89. The SMILES string of the molecule is CCCOCCCNC1CCCc2sccc21. The second-order valence-corrected chi connectivity index (χ2v) is 5.66. The molecule has 2 rings (SSSR count). The summed E-state index contributed by atoms with van der Waals surface area (Å²) in [7, 11) is 0. The maximum absolute atomic E-state index is 5.49. The van der Waals surface area contributed by atoms with Crippen molar-refractivity contribution < 1.29 is 4.74 Å². The Bertz CT molecular complexity index is 324. The van der Waals surface area contributed by atoms with Crippen LogP contribution >= 0.6 is 11.3 Å². The highest BCUT2D eigenvalue weighted by Crippen LogP contribution is 2.32. The molecule has 1 N–H and O–H groups in total. The van der Waals surface area contributed by atoms with Crippen LogP contribution in [0.25, 0.3) is 0 Å².